The first-order valence-electron chi connectivity index (χ1n) is 5.37. The van der Waals surface area contributed by atoms with Crippen LogP contribution in [0.5, 0.6) is 0 Å². The van der Waals surface area contributed by atoms with E-state index in [1.807, 2.05) is 18.2 Å². The number of hydrogen-bond acceptors (Lipinski definition) is 0. The lowest BCUT2D eigenvalue weighted by molar-refractivity contribution is -0.792. The van der Waals surface area contributed by atoms with Crippen molar-refractivity contribution in [3.8, 4) is 5.82 Å². The molecule has 0 aliphatic carbocycles. The van der Waals surface area contributed by atoms with E-state index in [-0.39, 0.29) is 0 Å². The molecule has 0 N–H and O–H groups in total. The van der Waals surface area contributed by atoms with Crippen LogP contribution in [-0.4, -0.2) is 0 Å². The van der Waals surface area contributed by atoms with Gasteiger partial charge >= 0.3 is 5.82 Å². The van der Waals surface area contributed by atoms with Crippen LogP contribution in [0.3, 0.4) is 0 Å². The standard InChI is InChI=1S/C13H16N2/c1-2-9-14-12-7-4-8-13(14)15-10-5-3-6-11-15/h3-8,10-12H,2,9H2,1H3/q+2. The highest BCUT2D eigenvalue weighted by Crippen LogP contribution is 1.92. The molecule has 0 aliphatic heterocycles. The largest absolute Gasteiger partial charge is 0.449 e. The quantitative estimate of drug-likeness (QED) is 0.666. The number of rotatable bonds is 3. The Morgan fingerprint density at radius 2 is 1.67 bits per heavy atom. The summed E-state index contributed by atoms with van der Waals surface area (Å²) in [7, 11) is 0. The van der Waals surface area contributed by atoms with Crippen LogP contribution in [0, 0.1) is 0 Å². The first-order valence-corrected chi connectivity index (χ1v) is 5.37. The summed E-state index contributed by atoms with van der Waals surface area (Å²) in [6, 6.07) is 12.4. The summed E-state index contributed by atoms with van der Waals surface area (Å²) in [6.07, 6.45) is 7.41. The van der Waals surface area contributed by atoms with Crippen molar-refractivity contribution in [2.45, 2.75) is 19.9 Å². The molecular weight excluding hydrogens is 184 g/mol. The van der Waals surface area contributed by atoms with E-state index >= 15 is 0 Å². The lowest BCUT2D eigenvalue weighted by Gasteiger charge is -1.96. The summed E-state index contributed by atoms with van der Waals surface area (Å²) in [5.41, 5.74) is 0. The van der Waals surface area contributed by atoms with Gasteiger partial charge in [0, 0.05) is 24.6 Å². The molecule has 0 bridgehead atoms. The van der Waals surface area contributed by atoms with Gasteiger partial charge in [0.2, 0.25) is 0 Å². The molecule has 2 aromatic rings. The molecule has 0 atom stereocenters. The van der Waals surface area contributed by atoms with Gasteiger partial charge in [-0.25, -0.2) is 0 Å². The molecule has 76 valence electrons. The lowest BCUT2D eigenvalue weighted by atomic mass is 10.4. The topological polar surface area (TPSA) is 7.76 Å². The number of pyridine rings is 2. The minimum Gasteiger partial charge on any atom is -0.143 e. The first-order chi connectivity index (χ1) is 7.42. The van der Waals surface area contributed by atoms with E-state index in [1.54, 1.807) is 0 Å². The Bertz CT molecular complexity index is 424. The molecule has 2 rings (SSSR count). The first kappa shape index (κ1) is 9.84. The van der Waals surface area contributed by atoms with E-state index in [4.69, 9.17) is 0 Å². The molecule has 2 aromatic heterocycles. The Labute approximate surface area is 90.4 Å². The van der Waals surface area contributed by atoms with Crippen molar-refractivity contribution >= 4 is 0 Å². The fraction of sp³-hybridized carbons (Fsp3) is 0.231. The third kappa shape index (κ3) is 2.21. The molecule has 0 aliphatic rings. The van der Waals surface area contributed by atoms with Gasteiger partial charge in [0.05, 0.1) is 6.07 Å². The van der Waals surface area contributed by atoms with E-state index in [9.17, 15) is 0 Å². The van der Waals surface area contributed by atoms with Crippen LogP contribution >= 0.6 is 0 Å². The molecule has 0 aromatic carbocycles. The van der Waals surface area contributed by atoms with Crippen LogP contribution in [0.25, 0.3) is 5.82 Å². The summed E-state index contributed by atoms with van der Waals surface area (Å²) >= 11 is 0. The van der Waals surface area contributed by atoms with Crippen molar-refractivity contribution in [3.63, 3.8) is 0 Å². The monoisotopic (exact) mass is 200 g/mol. The molecule has 0 amide bonds. The Hall–Kier alpha value is -1.70. The van der Waals surface area contributed by atoms with Crippen LogP contribution in [0.15, 0.2) is 55.0 Å². The fourth-order valence-electron chi connectivity index (χ4n) is 1.68. The number of aryl methyl sites for hydroxylation is 1. The summed E-state index contributed by atoms with van der Waals surface area (Å²) < 4.78 is 4.40. The van der Waals surface area contributed by atoms with Crippen molar-refractivity contribution in [2.75, 3.05) is 0 Å². The molecule has 0 saturated heterocycles. The van der Waals surface area contributed by atoms with Crippen molar-refractivity contribution in [2.24, 2.45) is 0 Å². The molecule has 2 heteroatoms. The molecule has 2 heterocycles. The van der Waals surface area contributed by atoms with Crippen LogP contribution in [-0.2, 0) is 6.54 Å². The third-order valence-corrected chi connectivity index (χ3v) is 2.36. The van der Waals surface area contributed by atoms with Crippen LogP contribution in [0.1, 0.15) is 13.3 Å². The maximum atomic E-state index is 2.26. The molecular formula is C13H16N2+2. The predicted octanol–water partition coefficient (Wildman–Crippen LogP) is 1.66. The minimum atomic E-state index is 1.05. The molecule has 0 radical (unpaired) electrons. The van der Waals surface area contributed by atoms with Gasteiger partial charge in [0.15, 0.2) is 25.1 Å². The molecule has 0 unspecified atom stereocenters. The Balaban J connectivity index is 2.43. The molecule has 0 spiro atoms. The highest BCUT2D eigenvalue weighted by Gasteiger charge is 2.17. The molecule has 2 nitrogen and oxygen atoms in total. The normalized spacial score (nSPS) is 10.2. The van der Waals surface area contributed by atoms with Crippen molar-refractivity contribution in [1.82, 2.24) is 0 Å². The second kappa shape index (κ2) is 4.69. The van der Waals surface area contributed by atoms with Gasteiger partial charge < -0.3 is 0 Å². The highest BCUT2D eigenvalue weighted by atomic mass is 15.1. The van der Waals surface area contributed by atoms with Crippen LogP contribution in [0.2, 0.25) is 0 Å². The number of hydrogen-bond donors (Lipinski definition) is 0. The minimum absolute atomic E-state index is 1.05. The lowest BCUT2D eigenvalue weighted by Crippen LogP contribution is -2.48. The summed E-state index contributed by atoms with van der Waals surface area (Å²) in [5, 5.41) is 0. The average molecular weight is 200 g/mol. The Morgan fingerprint density at radius 1 is 0.933 bits per heavy atom. The van der Waals surface area contributed by atoms with E-state index < -0.39 is 0 Å². The number of nitrogens with zero attached hydrogens (tertiary/aromatic N) is 2. The van der Waals surface area contributed by atoms with Gasteiger partial charge in [-0.3, -0.25) is 0 Å². The van der Waals surface area contributed by atoms with Crippen LogP contribution < -0.4 is 9.13 Å². The zero-order chi connectivity index (χ0) is 10.5. The van der Waals surface area contributed by atoms with Crippen molar-refractivity contribution in [3.05, 3.63) is 55.0 Å². The predicted molar refractivity (Wildman–Crippen MR) is 58.5 cm³/mol. The van der Waals surface area contributed by atoms with Crippen molar-refractivity contribution < 1.29 is 9.13 Å². The Kier molecular flexibility index (Phi) is 3.08. The van der Waals surface area contributed by atoms with E-state index in [1.165, 1.54) is 5.82 Å². The van der Waals surface area contributed by atoms with Gasteiger partial charge in [-0.2, -0.15) is 0 Å². The van der Waals surface area contributed by atoms with Gasteiger partial charge in [0.1, 0.15) is 0 Å². The third-order valence-electron chi connectivity index (χ3n) is 2.36. The second-order valence-electron chi connectivity index (χ2n) is 3.53. The zero-order valence-electron chi connectivity index (χ0n) is 9.00. The van der Waals surface area contributed by atoms with E-state index in [0.717, 1.165) is 13.0 Å². The molecule has 0 saturated carbocycles. The van der Waals surface area contributed by atoms with E-state index in [2.05, 4.69) is 52.8 Å². The summed E-state index contributed by atoms with van der Waals surface area (Å²) in [6.45, 7) is 3.25. The van der Waals surface area contributed by atoms with Crippen LogP contribution in [0.4, 0.5) is 0 Å². The van der Waals surface area contributed by atoms with Crippen molar-refractivity contribution in [1.29, 1.82) is 0 Å². The average Bonchev–Trinajstić information content (AvgIpc) is 2.31. The van der Waals surface area contributed by atoms with Gasteiger partial charge in [-0.05, 0) is 6.07 Å². The maximum Gasteiger partial charge on any atom is 0.449 e. The maximum absolute atomic E-state index is 2.26. The van der Waals surface area contributed by atoms with Gasteiger partial charge in [-0.1, -0.05) is 13.0 Å². The van der Waals surface area contributed by atoms with Gasteiger partial charge in [0.25, 0.3) is 0 Å². The zero-order valence-corrected chi connectivity index (χ0v) is 9.00. The second-order valence-corrected chi connectivity index (χ2v) is 3.53. The fourth-order valence-corrected chi connectivity index (χ4v) is 1.68. The smallest absolute Gasteiger partial charge is 0.143 e. The van der Waals surface area contributed by atoms with Gasteiger partial charge in [-0.15, -0.1) is 9.13 Å². The summed E-state index contributed by atoms with van der Waals surface area (Å²) in [5.74, 6) is 1.21. The van der Waals surface area contributed by atoms with E-state index in [0.29, 0.717) is 0 Å². The SMILES string of the molecule is CCC[n+]1ccccc1-[n+]1ccccc1. The number of aromatic nitrogens is 2. The highest BCUT2D eigenvalue weighted by molar-refractivity contribution is 5.03. The Morgan fingerprint density at radius 3 is 2.40 bits per heavy atom. The summed E-state index contributed by atoms with van der Waals surface area (Å²) in [4.78, 5) is 0. The molecule has 15 heavy (non-hydrogen) atoms. The molecule has 0 fully saturated rings.